The Kier molecular flexibility index (Phi) is 11.9. The lowest BCUT2D eigenvalue weighted by Gasteiger charge is -2.13. The molecule has 8 nitrogen and oxygen atoms in total. The number of halogens is 1. The first-order chi connectivity index (χ1) is 13.5. The van der Waals surface area contributed by atoms with Crippen LogP contribution in [0.2, 0.25) is 0 Å². The van der Waals surface area contributed by atoms with E-state index in [1.165, 1.54) is 11.8 Å². The minimum absolute atomic E-state index is 0. The van der Waals surface area contributed by atoms with Crippen LogP contribution in [0.15, 0.2) is 47.7 Å². The van der Waals surface area contributed by atoms with E-state index in [-0.39, 0.29) is 36.3 Å². The zero-order valence-corrected chi connectivity index (χ0v) is 20.0. The van der Waals surface area contributed by atoms with E-state index < -0.39 is 9.84 Å². The molecule has 0 spiro atoms. The SMILES string of the molecule is CCNC(=NCc1ccccc1Cn1cccn1)NCCOCCS(C)(=O)=O.I. The summed E-state index contributed by atoms with van der Waals surface area (Å²) >= 11 is 0. The molecule has 10 heteroatoms. The minimum atomic E-state index is -2.99. The predicted molar refractivity (Wildman–Crippen MR) is 127 cm³/mol. The van der Waals surface area contributed by atoms with Gasteiger partial charge in [-0.05, 0) is 24.1 Å². The van der Waals surface area contributed by atoms with Crippen LogP contribution in [0, 0.1) is 0 Å². The molecule has 0 bridgehead atoms. The summed E-state index contributed by atoms with van der Waals surface area (Å²) in [6.07, 6.45) is 4.91. The van der Waals surface area contributed by atoms with Gasteiger partial charge in [0.25, 0.3) is 0 Å². The van der Waals surface area contributed by atoms with E-state index in [0.29, 0.717) is 32.2 Å². The third-order valence-corrected chi connectivity index (χ3v) is 4.81. The molecule has 2 aromatic rings. The van der Waals surface area contributed by atoms with E-state index in [4.69, 9.17) is 4.74 Å². The average Bonchev–Trinajstić information content (AvgIpc) is 3.15. The van der Waals surface area contributed by atoms with Crippen molar-refractivity contribution in [3.05, 3.63) is 53.9 Å². The van der Waals surface area contributed by atoms with Crippen molar-refractivity contribution in [3.8, 4) is 0 Å². The molecule has 162 valence electrons. The lowest BCUT2D eigenvalue weighted by Crippen LogP contribution is -2.39. The molecule has 0 radical (unpaired) electrons. The first-order valence-corrected chi connectivity index (χ1v) is 11.4. The van der Waals surface area contributed by atoms with E-state index in [1.54, 1.807) is 6.20 Å². The van der Waals surface area contributed by atoms with Gasteiger partial charge in [0.05, 0.1) is 32.1 Å². The molecule has 1 heterocycles. The van der Waals surface area contributed by atoms with Gasteiger partial charge in [0.2, 0.25) is 0 Å². The molecule has 0 amide bonds. The highest BCUT2D eigenvalue weighted by Crippen LogP contribution is 2.11. The van der Waals surface area contributed by atoms with Crippen molar-refractivity contribution >= 4 is 39.8 Å². The molecule has 0 saturated carbocycles. The maximum Gasteiger partial charge on any atom is 0.191 e. The monoisotopic (exact) mass is 535 g/mol. The predicted octanol–water partition coefficient (Wildman–Crippen LogP) is 1.67. The molecular weight excluding hydrogens is 505 g/mol. The number of guanidine groups is 1. The lowest BCUT2D eigenvalue weighted by atomic mass is 10.1. The van der Waals surface area contributed by atoms with E-state index in [9.17, 15) is 8.42 Å². The van der Waals surface area contributed by atoms with Gasteiger partial charge in [-0.2, -0.15) is 5.10 Å². The van der Waals surface area contributed by atoms with Crippen LogP contribution < -0.4 is 10.6 Å². The summed E-state index contributed by atoms with van der Waals surface area (Å²) in [5, 5.41) is 10.7. The summed E-state index contributed by atoms with van der Waals surface area (Å²) in [5.41, 5.74) is 2.31. The highest BCUT2D eigenvalue weighted by atomic mass is 127. The van der Waals surface area contributed by atoms with Crippen molar-refractivity contribution in [3.63, 3.8) is 0 Å². The average molecular weight is 535 g/mol. The number of hydrogen-bond acceptors (Lipinski definition) is 5. The molecule has 0 aliphatic rings. The number of hydrogen-bond donors (Lipinski definition) is 2. The van der Waals surface area contributed by atoms with Gasteiger partial charge in [-0.3, -0.25) is 4.68 Å². The first kappa shape index (κ1) is 25.4. The number of nitrogens with zero attached hydrogens (tertiary/aromatic N) is 3. The molecule has 29 heavy (non-hydrogen) atoms. The molecule has 0 unspecified atom stereocenters. The van der Waals surface area contributed by atoms with Gasteiger partial charge < -0.3 is 15.4 Å². The Morgan fingerprint density at radius 2 is 1.93 bits per heavy atom. The summed E-state index contributed by atoms with van der Waals surface area (Å²) in [6.45, 7) is 5.16. The summed E-state index contributed by atoms with van der Waals surface area (Å²) in [6, 6.07) is 10.1. The van der Waals surface area contributed by atoms with Crippen LogP contribution in [0.4, 0.5) is 0 Å². The fraction of sp³-hybridized carbons (Fsp3) is 0.474. The van der Waals surface area contributed by atoms with Crippen LogP contribution in [0.5, 0.6) is 0 Å². The summed E-state index contributed by atoms with van der Waals surface area (Å²) < 4.78 is 29.4. The second-order valence-electron chi connectivity index (χ2n) is 6.34. The molecule has 1 aromatic heterocycles. The molecule has 0 fully saturated rings. The van der Waals surface area contributed by atoms with Crippen molar-refractivity contribution in [1.29, 1.82) is 0 Å². The number of aliphatic imine (C=N–C) groups is 1. The van der Waals surface area contributed by atoms with Gasteiger partial charge in [0, 0.05) is 31.7 Å². The van der Waals surface area contributed by atoms with Crippen molar-refractivity contribution in [2.45, 2.75) is 20.0 Å². The van der Waals surface area contributed by atoms with E-state index in [1.807, 2.05) is 36.0 Å². The van der Waals surface area contributed by atoms with Gasteiger partial charge in [-0.1, -0.05) is 24.3 Å². The molecular formula is C19H30IN5O3S. The van der Waals surface area contributed by atoms with Gasteiger partial charge in [-0.15, -0.1) is 24.0 Å². The Hall–Kier alpha value is -1.66. The quantitative estimate of drug-likeness (QED) is 0.197. The van der Waals surface area contributed by atoms with E-state index in [0.717, 1.165) is 12.1 Å². The second-order valence-corrected chi connectivity index (χ2v) is 8.60. The van der Waals surface area contributed by atoms with Gasteiger partial charge in [0.1, 0.15) is 9.84 Å². The highest BCUT2D eigenvalue weighted by Gasteiger charge is 2.04. The highest BCUT2D eigenvalue weighted by molar-refractivity contribution is 14.0. The molecule has 2 rings (SSSR count). The molecule has 1 aromatic carbocycles. The summed E-state index contributed by atoms with van der Waals surface area (Å²) in [7, 11) is -2.99. The zero-order valence-electron chi connectivity index (χ0n) is 16.9. The van der Waals surface area contributed by atoms with Crippen molar-refractivity contribution in [1.82, 2.24) is 20.4 Å². The van der Waals surface area contributed by atoms with Crippen LogP contribution >= 0.6 is 24.0 Å². The minimum Gasteiger partial charge on any atom is -0.379 e. The Bertz CT molecular complexity index is 841. The number of rotatable bonds is 11. The summed E-state index contributed by atoms with van der Waals surface area (Å²) in [5.74, 6) is 0.733. The number of sulfone groups is 1. The van der Waals surface area contributed by atoms with E-state index >= 15 is 0 Å². The number of ether oxygens (including phenoxy) is 1. The van der Waals surface area contributed by atoms with Gasteiger partial charge >= 0.3 is 0 Å². The standard InChI is InChI=1S/C19H29N5O3S.HI/c1-3-20-19(21-10-12-27-13-14-28(2,25)26)22-15-17-7-4-5-8-18(17)16-24-11-6-9-23-24;/h4-9,11H,3,10,12-16H2,1-2H3,(H2,20,21,22);1H. The Labute approximate surface area is 190 Å². The van der Waals surface area contributed by atoms with Crippen LogP contribution in [0.3, 0.4) is 0 Å². The lowest BCUT2D eigenvalue weighted by molar-refractivity contribution is 0.154. The molecule has 2 N–H and O–H groups in total. The van der Waals surface area contributed by atoms with Gasteiger partial charge in [-0.25, -0.2) is 13.4 Å². The van der Waals surface area contributed by atoms with E-state index in [2.05, 4.69) is 32.9 Å². The Balaban J connectivity index is 0.00000420. The molecule has 0 saturated heterocycles. The van der Waals surface area contributed by atoms with Crippen molar-refractivity contribution in [2.75, 3.05) is 38.3 Å². The summed E-state index contributed by atoms with van der Waals surface area (Å²) in [4.78, 5) is 4.64. The number of aromatic nitrogens is 2. The Morgan fingerprint density at radius 3 is 2.59 bits per heavy atom. The topological polar surface area (TPSA) is 97.6 Å². The van der Waals surface area contributed by atoms with Crippen LogP contribution in [0.25, 0.3) is 0 Å². The van der Waals surface area contributed by atoms with Crippen LogP contribution in [-0.4, -0.2) is 62.5 Å². The van der Waals surface area contributed by atoms with Crippen LogP contribution in [0.1, 0.15) is 18.1 Å². The fourth-order valence-corrected chi connectivity index (χ4v) is 2.92. The maximum atomic E-state index is 11.1. The normalized spacial score (nSPS) is 11.7. The van der Waals surface area contributed by atoms with Crippen molar-refractivity contribution in [2.24, 2.45) is 4.99 Å². The fourth-order valence-electron chi connectivity index (χ4n) is 2.49. The molecule has 0 atom stereocenters. The number of benzene rings is 1. The molecule has 0 aliphatic heterocycles. The first-order valence-electron chi connectivity index (χ1n) is 9.30. The zero-order chi connectivity index (χ0) is 20.2. The number of nitrogens with one attached hydrogen (secondary N) is 2. The smallest absolute Gasteiger partial charge is 0.191 e. The third kappa shape index (κ3) is 10.6. The Morgan fingerprint density at radius 1 is 1.17 bits per heavy atom. The maximum absolute atomic E-state index is 11.1. The van der Waals surface area contributed by atoms with Gasteiger partial charge in [0.15, 0.2) is 5.96 Å². The largest absolute Gasteiger partial charge is 0.379 e. The third-order valence-electron chi connectivity index (χ3n) is 3.90. The van der Waals surface area contributed by atoms with Crippen LogP contribution in [-0.2, 0) is 27.7 Å². The van der Waals surface area contributed by atoms with Crippen molar-refractivity contribution < 1.29 is 13.2 Å². The molecule has 0 aliphatic carbocycles. The second kappa shape index (κ2) is 13.5.